The molecule has 0 saturated carbocycles. The number of hydrogen-bond donors (Lipinski definition) is 1. The highest BCUT2D eigenvalue weighted by Crippen LogP contribution is 2.37. The van der Waals surface area contributed by atoms with Gasteiger partial charge in [-0.25, -0.2) is 9.50 Å². The van der Waals surface area contributed by atoms with Crippen LogP contribution >= 0.6 is 0 Å². The molecule has 3 heterocycles. The minimum atomic E-state index is -4.45. The van der Waals surface area contributed by atoms with Gasteiger partial charge in [-0.3, -0.25) is 0 Å². The highest BCUT2D eigenvalue weighted by Gasteiger charge is 2.33. The quantitative estimate of drug-likeness (QED) is 0.363. The number of aryl methyl sites for hydroxylation is 1. The van der Waals surface area contributed by atoms with E-state index in [2.05, 4.69) is 20.4 Å². The van der Waals surface area contributed by atoms with Crippen molar-refractivity contribution in [2.24, 2.45) is 0 Å². The zero-order valence-corrected chi connectivity index (χ0v) is 18.2. The lowest BCUT2D eigenvalue weighted by Crippen LogP contribution is -2.06. The smallest absolute Gasteiger partial charge is 0.417 e. The topological polar surface area (TPSA) is 69.3 Å². The van der Waals surface area contributed by atoms with E-state index in [0.29, 0.717) is 28.6 Å². The number of halogens is 3. The number of aromatic nitrogens is 5. The van der Waals surface area contributed by atoms with Crippen molar-refractivity contribution in [2.75, 3.05) is 12.4 Å². The van der Waals surface area contributed by atoms with Gasteiger partial charge >= 0.3 is 6.18 Å². The molecule has 34 heavy (non-hydrogen) atoms. The second kappa shape index (κ2) is 8.22. The van der Waals surface area contributed by atoms with Crippen molar-refractivity contribution in [1.29, 1.82) is 0 Å². The number of ether oxygens (including phenoxy) is 1. The van der Waals surface area contributed by atoms with Crippen molar-refractivity contribution in [1.82, 2.24) is 24.1 Å². The van der Waals surface area contributed by atoms with Crippen molar-refractivity contribution < 1.29 is 17.9 Å². The van der Waals surface area contributed by atoms with Crippen LogP contribution < -0.4 is 10.1 Å². The molecule has 3 aromatic heterocycles. The van der Waals surface area contributed by atoms with Crippen LogP contribution in [0.4, 0.5) is 24.8 Å². The van der Waals surface area contributed by atoms with Crippen LogP contribution in [-0.4, -0.2) is 31.3 Å². The summed E-state index contributed by atoms with van der Waals surface area (Å²) in [7, 11) is 1.58. The molecule has 0 aliphatic carbocycles. The summed E-state index contributed by atoms with van der Waals surface area (Å²) in [6.45, 7) is 1.90. The zero-order valence-electron chi connectivity index (χ0n) is 18.2. The van der Waals surface area contributed by atoms with Crippen molar-refractivity contribution in [3.05, 3.63) is 84.6 Å². The lowest BCUT2D eigenvalue weighted by molar-refractivity contribution is -0.137. The summed E-state index contributed by atoms with van der Waals surface area (Å²) in [4.78, 5) is 8.67. The van der Waals surface area contributed by atoms with Gasteiger partial charge in [0.15, 0.2) is 5.65 Å². The molecule has 0 spiro atoms. The summed E-state index contributed by atoms with van der Waals surface area (Å²) in [6.07, 6.45) is 0.729. The third-order valence-corrected chi connectivity index (χ3v) is 5.31. The molecule has 5 rings (SSSR count). The summed E-state index contributed by atoms with van der Waals surface area (Å²) < 4.78 is 49.2. The van der Waals surface area contributed by atoms with E-state index in [0.717, 1.165) is 17.4 Å². The molecule has 2 aromatic carbocycles. The Morgan fingerprint density at radius 1 is 1.03 bits per heavy atom. The van der Waals surface area contributed by atoms with Crippen LogP contribution in [0.25, 0.3) is 22.5 Å². The third kappa shape index (κ3) is 4.05. The van der Waals surface area contributed by atoms with Gasteiger partial charge in [0.2, 0.25) is 5.95 Å². The Bertz CT molecular complexity index is 1490. The van der Waals surface area contributed by atoms with E-state index < -0.39 is 11.7 Å². The minimum Gasteiger partial charge on any atom is -0.494 e. The molecule has 10 heteroatoms. The van der Waals surface area contributed by atoms with Gasteiger partial charge in [-0.15, -0.1) is 5.10 Å². The van der Waals surface area contributed by atoms with Gasteiger partial charge < -0.3 is 14.6 Å². The number of fused-ring (bicyclic) bond motifs is 1. The largest absolute Gasteiger partial charge is 0.494 e. The Morgan fingerprint density at radius 3 is 2.59 bits per heavy atom. The molecule has 0 saturated heterocycles. The molecule has 5 aromatic rings. The average molecular weight is 464 g/mol. The predicted octanol–water partition coefficient (Wildman–Crippen LogP) is 5.66. The average Bonchev–Trinajstić information content (AvgIpc) is 3.43. The summed E-state index contributed by atoms with van der Waals surface area (Å²) in [5, 5.41) is 7.49. The molecule has 0 amide bonds. The van der Waals surface area contributed by atoms with E-state index in [1.165, 1.54) is 16.6 Å². The SMILES string of the molecule is COc1cc(Nc2nc3cc(-c4ccccc4C(F)(F)F)ccn3n2)ccc1-n1cnc(C)c1. The number of imidazole rings is 1. The van der Waals surface area contributed by atoms with Crippen molar-refractivity contribution >= 4 is 17.3 Å². The molecule has 0 radical (unpaired) electrons. The highest BCUT2D eigenvalue weighted by molar-refractivity contribution is 5.71. The molecule has 172 valence electrons. The van der Waals surface area contributed by atoms with Crippen LogP contribution in [-0.2, 0) is 6.18 Å². The molecular formula is C24H19F3N6O. The fraction of sp³-hybridized carbons (Fsp3) is 0.125. The van der Waals surface area contributed by atoms with Crippen molar-refractivity contribution in [2.45, 2.75) is 13.1 Å². The molecular weight excluding hydrogens is 445 g/mol. The van der Waals surface area contributed by atoms with E-state index in [9.17, 15) is 13.2 Å². The van der Waals surface area contributed by atoms with E-state index in [-0.39, 0.29) is 5.56 Å². The zero-order chi connectivity index (χ0) is 23.9. The Morgan fingerprint density at radius 2 is 1.85 bits per heavy atom. The number of nitrogens with zero attached hydrogens (tertiary/aromatic N) is 5. The molecule has 1 N–H and O–H groups in total. The van der Waals surface area contributed by atoms with E-state index in [4.69, 9.17) is 4.74 Å². The Kier molecular flexibility index (Phi) is 5.20. The van der Waals surface area contributed by atoms with Crippen LogP contribution in [0, 0.1) is 6.92 Å². The molecule has 0 atom stereocenters. The number of pyridine rings is 1. The summed E-state index contributed by atoms with van der Waals surface area (Å²) >= 11 is 0. The maximum atomic E-state index is 13.4. The van der Waals surface area contributed by atoms with Crippen LogP contribution in [0.3, 0.4) is 0 Å². The van der Waals surface area contributed by atoms with Crippen LogP contribution in [0.1, 0.15) is 11.3 Å². The second-order valence-electron chi connectivity index (χ2n) is 7.63. The summed E-state index contributed by atoms with van der Waals surface area (Å²) in [5.41, 5.74) is 2.61. The number of hydrogen-bond acceptors (Lipinski definition) is 5. The number of anilines is 2. The molecule has 0 fully saturated rings. The van der Waals surface area contributed by atoms with Gasteiger partial charge in [0.05, 0.1) is 30.4 Å². The van der Waals surface area contributed by atoms with Crippen molar-refractivity contribution in [3.8, 4) is 22.6 Å². The fourth-order valence-electron chi connectivity index (χ4n) is 3.73. The lowest BCUT2D eigenvalue weighted by Gasteiger charge is -2.12. The molecule has 7 nitrogen and oxygen atoms in total. The van der Waals surface area contributed by atoms with Crippen LogP contribution in [0.2, 0.25) is 0 Å². The van der Waals surface area contributed by atoms with Gasteiger partial charge in [-0.1, -0.05) is 18.2 Å². The van der Waals surface area contributed by atoms with E-state index in [1.807, 2.05) is 29.8 Å². The molecule has 0 aliphatic heterocycles. The van der Waals surface area contributed by atoms with Gasteiger partial charge in [0, 0.05) is 24.1 Å². The van der Waals surface area contributed by atoms with E-state index >= 15 is 0 Å². The third-order valence-electron chi connectivity index (χ3n) is 5.31. The maximum absolute atomic E-state index is 13.4. The summed E-state index contributed by atoms with van der Waals surface area (Å²) in [5.74, 6) is 0.923. The number of methoxy groups -OCH3 is 1. The monoisotopic (exact) mass is 464 g/mol. The van der Waals surface area contributed by atoms with Gasteiger partial charge in [-0.2, -0.15) is 18.2 Å². The Labute approximate surface area is 192 Å². The maximum Gasteiger partial charge on any atom is 0.417 e. The number of alkyl halides is 3. The first-order valence-corrected chi connectivity index (χ1v) is 10.3. The van der Waals surface area contributed by atoms with Crippen LogP contribution in [0.5, 0.6) is 5.75 Å². The van der Waals surface area contributed by atoms with Crippen molar-refractivity contribution in [3.63, 3.8) is 0 Å². The van der Waals surface area contributed by atoms with Gasteiger partial charge in [0.1, 0.15) is 5.75 Å². The molecule has 0 bridgehead atoms. The standard InChI is InChI=1S/C24H19F3N6O/c1-15-13-32(14-28-15)20-8-7-17(12-21(20)34-2)29-23-30-22-11-16(9-10-33(22)31-23)18-5-3-4-6-19(18)24(25,26)27/h3-14H,1-2H3,(H,29,31). The second-order valence-corrected chi connectivity index (χ2v) is 7.63. The number of rotatable bonds is 5. The molecule has 0 aliphatic rings. The van der Waals surface area contributed by atoms with Gasteiger partial charge in [0.25, 0.3) is 0 Å². The predicted molar refractivity (Wildman–Crippen MR) is 122 cm³/mol. The minimum absolute atomic E-state index is 0.0880. The lowest BCUT2D eigenvalue weighted by atomic mass is 10.0. The van der Waals surface area contributed by atoms with Gasteiger partial charge in [-0.05, 0) is 48.4 Å². The molecule has 0 unspecified atom stereocenters. The first-order chi connectivity index (χ1) is 16.3. The highest BCUT2D eigenvalue weighted by atomic mass is 19.4. The normalized spacial score (nSPS) is 11.7. The van der Waals surface area contributed by atoms with E-state index in [1.54, 1.807) is 43.9 Å². The number of benzene rings is 2. The van der Waals surface area contributed by atoms with Crippen LogP contribution in [0.15, 0.2) is 73.3 Å². The Hall–Kier alpha value is -4.34. The Balaban J connectivity index is 1.45. The fourth-order valence-corrected chi connectivity index (χ4v) is 3.73. The summed E-state index contributed by atoms with van der Waals surface area (Å²) in [6, 6.07) is 14.2. The number of nitrogens with one attached hydrogen (secondary N) is 1. The first-order valence-electron chi connectivity index (χ1n) is 10.3. The first kappa shape index (κ1) is 21.5.